The van der Waals surface area contributed by atoms with Crippen LogP contribution in [0.3, 0.4) is 0 Å². The normalized spacial score (nSPS) is 13.5. The number of hydrogen-bond acceptors (Lipinski definition) is 3. The maximum Gasteiger partial charge on any atom is 0.315 e. The topological polar surface area (TPSA) is 54.0 Å². The minimum absolute atomic E-state index is 0.220. The molecule has 0 spiro atoms. The summed E-state index contributed by atoms with van der Waals surface area (Å²) in [6.07, 6.45) is 1.67. The Morgan fingerprint density at radius 1 is 1.19 bits per heavy atom. The van der Waals surface area contributed by atoms with Crippen LogP contribution >= 0.6 is 11.3 Å². The lowest BCUT2D eigenvalue weighted by Crippen LogP contribution is -2.38. The van der Waals surface area contributed by atoms with Gasteiger partial charge in [-0.25, -0.2) is 18.6 Å². The van der Waals surface area contributed by atoms with Gasteiger partial charge in [0.05, 0.1) is 12.1 Å². The van der Waals surface area contributed by atoms with Crippen molar-refractivity contribution in [3.8, 4) is 0 Å². The Balaban J connectivity index is 1.94. The van der Waals surface area contributed by atoms with E-state index in [1.54, 1.807) is 13.1 Å². The molecule has 4 nitrogen and oxygen atoms in total. The van der Waals surface area contributed by atoms with E-state index in [4.69, 9.17) is 0 Å². The number of nitrogens with zero attached hydrogens (tertiary/aromatic N) is 1. The zero-order valence-electron chi connectivity index (χ0n) is 11.6. The highest BCUT2D eigenvalue weighted by molar-refractivity contribution is 7.09. The molecule has 0 bridgehead atoms. The minimum atomic E-state index is -0.933. The van der Waals surface area contributed by atoms with E-state index in [-0.39, 0.29) is 6.04 Å². The number of aromatic nitrogens is 1. The number of hydrogen-bond donors (Lipinski definition) is 2. The summed E-state index contributed by atoms with van der Waals surface area (Å²) >= 11 is 1.45. The molecule has 2 aromatic rings. The molecule has 0 aliphatic heterocycles. The summed E-state index contributed by atoms with van der Waals surface area (Å²) in [5.74, 6) is -1.84. The molecule has 2 amide bonds. The molecule has 0 aliphatic rings. The zero-order chi connectivity index (χ0) is 15.4. The number of benzene rings is 1. The molecule has 2 atom stereocenters. The fourth-order valence-electron chi connectivity index (χ4n) is 1.81. The molecule has 0 saturated carbocycles. The van der Waals surface area contributed by atoms with Gasteiger partial charge < -0.3 is 10.6 Å². The Bertz CT molecular complexity index is 619. The second-order valence-corrected chi connectivity index (χ2v) is 5.53. The van der Waals surface area contributed by atoms with Crippen molar-refractivity contribution >= 4 is 17.4 Å². The fourth-order valence-corrected chi connectivity index (χ4v) is 2.46. The number of halogens is 2. The van der Waals surface area contributed by atoms with Crippen LogP contribution in [0.25, 0.3) is 0 Å². The first-order valence-electron chi connectivity index (χ1n) is 6.38. The van der Waals surface area contributed by atoms with Crippen LogP contribution in [0.4, 0.5) is 13.6 Å². The van der Waals surface area contributed by atoms with Gasteiger partial charge in [0.25, 0.3) is 0 Å². The molecule has 21 heavy (non-hydrogen) atoms. The van der Waals surface area contributed by atoms with Crippen LogP contribution < -0.4 is 10.6 Å². The lowest BCUT2D eigenvalue weighted by Gasteiger charge is -2.17. The van der Waals surface area contributed by atoms with Crippen LogP contribution in [0.15, 0.2) is 29.8 Å². The van der Waals surface area contributed by atoms with Crippen LogP contribution in [0.2, 0.25) is 0 Å². The van der Waals surface area contributed by atoms with Crippen molar-refractivity contribution in [1.29, 1.82) is 0 Å². The molecule has 1 aromatic carbocycles. The summed E-state index contributed by atoms with van der Waals surface area (Å²) in [5, 5.41) is 8.04. The summed E-state index contributed by atoms with van der Waals surface area (Å²) in [7, 11) is 0. The summed E-state index contributed by atoms with van der Waals surface area (Å²) in [6, 6.07) is 2.50. The lowest BCUT2D eigenvalue weighted by molar-refractivity contribution is 0.235. The number of urea groups is 1. The van der Waals surface area contributed by atoms with Crippen molar-refractivity contribution in [3.63, 3.8) is 0 Å². The fraction of sp³-hybridized carbons (Fsp3) is 0.286. The van der Waals surface area contributed by atoms with E-state index in [0.29, 0.717) is 5.56 Å². The van der Waals surface area contributed by atoms with Gasteiger partial charge in [-0.3, -0.25) is 0 Å². The Hall–Kier alpha value is -2.02. The Morgan fingerprint density at radius 2 is 1.90 bits per heavy atom. The highest BCUT2D eigenvalue weighted by Crippen LogP contribution is 2.17. The Labute approximate surface area is 125 Å². The molecule has 7 heteroatoms. The van der Waals surface area contributed by atoms with E-state index in [9.17, 15) is 13.6 Å². The predicted molar refractivity (Wildman–Crippen MR) is 77.0 cm³/mol. The van der Waals surface area contributed by atoms with Crippen molar-refractivity contribution < 1.29 is 13.6 Å². The van der Waals surface area contributed by atoms with Crippen molar-refractivity contribution in [2.45, 2.75) is 25.9 Å². The van der Waals surface area contributed by atoms with Crippen LogP contribution in [-0.4, -0.2) is 11.0 Å². The van der Waals surface area contributed by atoms with Gasteiger partial charge in [-0.15, -0.1) is 11.3 Å². The van der Waals surface area contributed by atoms with Gasteiger partial charge in [0.2, 0.25) is 0 Å². The molecule has 0 radical (unpaired) electrons. The maximum atomic E-state index is 13.2. The first-order valence-corrected chi connectivity index (χ1v) is 7.26. The van der Waals surface area contributed by atoms with E-state index in [2.05, 4.69) is 15.6 Å². The van der Waals surface area contributed by atoms with E-state index < -0.39 is 23.7 Å². The SMILES string of the molecule is CC(NC(=O)NC(C)c1nccs1)c1ccc(F)c(F)c1. The minimum Gasteiger partial charge on any atom is -0.332 e. The van der Waals surface area contributed by atoms with Crippen molar-refractivity contribution in [3.05, 3.63) is 52.0 Å². The predicted octanol–water partition coefficient (Wildman–Crippen LogP) is 3.54. The Kier molecular flexibility index (Phi) is 4.85. The monoisotopic (exact) mass is 311 g/mol. The first-order chi connectivity index (χ1) is 9.97. The van der Waals surface area contributed by atoms with Gasteiger partial charge in [0, 0.05) is 11.6 Å². The van der Waals surface area contributed by atoms with Crippen molar-refractivity contribution in [1.82, 2.24) is 15.6 Å². The molecule has 2 N–H and O–H groups in total. The van der Waals surface area contributed by atoms with Gasteiger partial charge in [0.15, 0.2) is 11.6 Å². The van der Waals surface area contributed by atoms with Crippen LogP contribution in [-0.2, 0) is 0 Å². The standard InChI is InChI=1S/C14H15F2N3OS/c1-8(10-3-4-11(15)12(16)7-10)18-14(20)19-9(2)13-17-5-6-21-13/h3-9H,1-2H3,(H2,18,19,20). The van der Waals surface area contributed by atoms with Gasteiger partial charge >= 0.3 is 6.03 Å². The highest BCUT2D eigenvalue weighted by Gasteiger charge is 2.15. The number of amides is 2. The van der Waals surface area contributed by atoms with Crippen LogP contribution in [0, 0.1) is 11.6 Å². The molecule has 1 aromatic heterocycles. The number of nitrogens with one attached hydrogen (secondary N) is 2. The zero-order valence-corrected chi connectivity index (χ0v) is 12.4. The molecule has 0 fully saturated rings. The van der Waals surface area contributed by atoms with E-state index in [1.807, 2.05) is 12.3 Å². The summed E-state index contributed by atoms with van der Waals surface area (Å²) in [5.41, 5.74) is 0.492. The van der Waals surface area contributed by atoms with Crippen molar-refractivity contribution in [2.75, 3.05) is 0 Å². The molecular formula is C14H15F2N3OS. The third kappa shape index (κ3) is 3.98. The molecule has 2 rings (SSSR count). The number of carbonyl (C=O) groups is 1. The van der Waals surface area contributed by atoms with Gasteiger partial charge in [0.1, 0.15) is 5.01 Å². The molecule has 2 unspecified atom stereocenters. The second-order valence-electron chi connectivity index (χ2n) is 4.61. The lowest BCUT2D eigenvalue weighted by atomic mass is 10.1. The van der Waals surface area contributed by atoms with E-state index >= 15 is 0 Å². The van der Waals surface area contributed by atoms with Gasteiger partial charge in [-0.05, 0) is 31.5 Å². The quantitative estimate of drug-likeness (QED) is 0.907. The first kappa shape index (κ1) is 15.4. The maximum absolute atomic E-state index is 13.2. The molecule has 0 saturated heterocycles. The van der Waals surface area contributed by atoms with Crippen molar-refractivity contribution in [2.24, 2.45) is 0 Å². The average molecular weight is 311 g/mol. The second kappa shape index (κ2) is 6.62. The molecular weight excluding hydrogens is 296 g/mol. The number of rotatable bonds is 4. The number of carbonyl (C=O) groups excluding carboxylic acids is 1. The summed E-state index contributed by atoms with van der Waals surface area (Å²) in [6.45, 7) is 3.51. The van der Waals surface area contributed by atoms with Gasteiger partial charge in [-0.1, -0.05) is 6.07 Å². The van der Waals surface area contributed by atoms with E-state index in [0.717, 1.165) is 17.1 Å². The number of thiazole rings is 1. The summed E-state index contributed by atoms with van der Waals surface area (Å²) < 4.78 is 26.0. The van der Waals surface area contributed by atoms with Gasteiger partial charge in [-0.2, -0.15) is 0 Å². The third-order valence-corrected chi connectivity index (χ3v) is 3.92. The van der Waals surface area contributed by atoms with Crippen LogP contribution in [0.1, 0.15) is 36.5 Å². The Morgan fingerprint density at radius 3 is 2.52 bits per heavy atom. The molecule has 112 valence electrons. The average Bonchev–Trinajstić information content (AvgIpc) is 2.95. The van der Waals surface area contributed by atoms with Crippen LogP contribution in [0.5, 0.6) is 0 Å². The highest BCUT2D eigenvalue weighted by atomic mass is 32.1. The summed E-state index contributed by atoms with van der Waals surface area (Å²) in [4.78, 5) is 16.0. The molecule has 1 heterocycles. The smallest absolute Gasteiger partial charge is 0.315 e. The third-order valence-electron chi connectivity index (χ3n) is 2.96. The van der Waals surface area contributed by atoms with E-state index in [1.165, 1.54) is 17.4 Å². The largest absolute Gasteiger partial charge is 0.332 e. The molecule has 0 aliphatic carbocycles.